The fraction of sp³-hybridized carbons (Fsp3) is 0.846. The van der Waals surface area contributed by atoms with E-state index < -0.39 is 5.97 Å². The average molecular weight is 254 g/mol. The molecule has 1 atom stereocenters. The highest BCUT2D eigenvalue weighted by Crippen LogP contribution is 2.29. The van der Waals surface area contributed by atoms with E-state index in [1.807, 2.05) is 4.90 Å². The van der Waals surface area contributed by atoms with Gasteiger partial charge in [0.05, 0.1) is 12.6 Å². The summed E-state index contributed by atoms with van der Waals surface area (Å²) >= 11 is 0. The molecule has 0 aromatic heterocycles. The van der Waals surface area contributed by atoms with Gasteiger partial charge in [0.25, 0.3) is 0 Å². The zero-order valence-electron chi connectivity index (χ0n) is 10.7. The minimum absolute atomic E-state index is 0.00748. The molecule has 1 unspecified atom stereocenters. The number of hydrogen-bond donors (Lipinski definition) is 2. The lowest BCUT2D eigenvalue weighted by molar-refractivity contribution is -0.141. The van der Waals surface area contributed by atoms with Crippen LogP contribution in [0, 0.1) is 5.92 Å². The van der Waals surface area contributed by atoms with Crippen molar-refractivity contribution in [3.05, 3.63) is 0 Å². The molecule has 5 heteroatoms. The lowest BCUT2D eigenvalue weighted by Gasteiger charge is -2.36. The summed E-state index contributed by atoms with van der Waals surface area (Å²) in [5.74, 6) is -0.254. The molecule has 5 nitrogen and oxygen atoms in total. The Bertz CT molecular complexity index is 313. The molecule has 2 N–H and O–H groups in total. The molecule has 2 fully saturated rings. The summed E-state index contributed by atoms with van der Waals surface area (Å²) in [6.07, 6.45) is 6.98. The number of nitrogens with one attached hydrogen (secondary N) is 1. The molecule has 1 aliphatic heterocycles. The molecule has 0 aromatic carbocycles. The van der Waals surface area contributed by atoms with Crippen LogP contribution in [0.3, 0.4) is 0 Å². The van der Waals surface area contributed by atoms with Gasteiger partial charge in [-0.25, -0.2) is 0 Å². The number of nitrogens with zero attached hydrogens (tertiary/aromatic N) is 1. The second kappa shape index (κ2) is 6.18. The third-order valence-corrected chi connectivity index (χ3v) is 4.06. The standard InChI is InChI=1S/C13H22N2O3/c16-12(17)9-15-7-6-14-13(18)11(15)8-10-4-2-1-3-5-10/h10-11H,1-9H2,(H,14,18)(H,16,17). The number of rotatable bonds is 4. The van der Waals surface area contributed by atoms with E-state index >= 15 is 0 Å². The molecule has 1 saturated heterocycles. The zero-order chi connectivity index (χ0) is 13.0. The van der Waals surface area contributed by atoms with Crippen molar-refractivity contribution in [2.24, 2.45) is 5.92 Å². The monoisotopic (exact) mass is 254 g/mol. The van der Waals surface area contributed by atoms with Gasteiger partial charge in [-0.15, -0.1) is 0 Å². The number of carbonyl (C=O) groups excluding carboxylic acids is 1. The van der Waals surface area contributed by atoms with Crippen molar-refractivity contribution in [2.75, 3.05) is 19.6 Å². The number of piperazine rings is 1. The first-order valence-electron chi connectivity index (χ1n) is 6.90. The minimum Gasteiger partial charge on any atom is -0.480 e. The Morgan fingerprint density at radius 2 is 2.06 bits per heavy atom. The van der Waals surface area contributed by atoms with E-state index in [1.54, 1.807) is 0 Å². The first-order valence-corrected chi connectivity index (χ1v) is 6.90. The van der Waals surface area contributed by atoms with Crippen LogP contribution in [0.5, 0.6) is 0 Å². The predicted octanol–water partition coefficient (Wildman–Crippen LogP) is 0.842. The van der Waals surface area contributed by atoms with Crippen molar-refractivity contribution in [2.45, 2.75) is 44.6 Å². The molecular weight excluding hydrogens is 232 g/mol. The number of carbonyl (C=O) groups is 2. The van der Waals surface area contributed by atoms with Crippen LogP contribution in [0.1, 0.15) is 38.5 Å². The third-order valence-electron chi connectivity index (χ3n) is 4.06. The zero-order valence-corrected chi connectivity index (χ0v) is 10.7. The lowest BCUT2D eigenvalue weighted by Crippen LogP contribution is -2.56. The predicted molar refractivity (Wildman–Crippen MR) is 67.2 cm³/mol. The molecule has 1 heterocycles. The van der Waals surface area contributed by atoms with Gasteiger partial charge in [-0.1, -0.05) is 32.1 Å². The summed E-state index contributed by atoms with van der Waals surface area (Å²) in [5, 5.41) is 11.8. The fourth-order valence-electron chi connectivity index (χ4n) is 3.12. The summed E-state index contributed by atoms with van der Waals surface area (Å²) in [5.41, 5.74) is 0. The van der Waals surface area contributed by atoms with Crippen LogP contribution >= 0.6 is 0 Å². The summed E-state index contributed by atoms with van der Waals surface area (Å²) < 4.78 is 0. The van der Waals surface area contributed by atoms with Crippen molar-refractivity contribution >= 4 is 11.9 Å². The topological polar surface area (TPSA) is 69.6 Å². The van der Waals surface area contributed by atoms with E-state index in [0.29, 0.717) is 19.0 Å². The first kappa shape index (κ1) is 13.3. The van der Waals surface area contributed by atoms with Gasteiger partial charge >= 0.3 is 5.97 Å². The Balaban J connectivity index is 1.95. The van der Waals surface area contributed by atoms with Gasteiger partial charge < -0.3 is 10.4 Å². The Labute approximate surface area is 108 Å². The van der Waals surface area contributed by atoms with E-state index in [0.717, 1.165) is 6.42 Å². The highest BCUT2D eigenvalue weighted by molar-refractivity contribution is 5.83. The Kier molecular flexibility index (Phi) is 4.58. The third kappa shape index (κ3) is 3.45. The second-order valence-corrected chi connectivity index (χ2v) is 5.41. The van der Waals surface area contributed by atoms with E-state index in [1.165, 1.54) is 32.1 Å². The molecule has 1 amide bonds. The van der Waals surface area contributed by atoms with Crippen LogP contribution in [0.25, 0.3) is 0 Å². The molecule has 102 valence electrons. The number of aliphatic carboxylic acids is 1. The van der Waals surface area contributed by atoms with Crippen LogP contribution in [-0.2, 0) is 9.59 Å². The fourth-order valence-corrected chi connectivity index (χ4v) is 3.12. The van der Waals surface area contributed by atoms with Gasteiger partial charge in [-0.2, -0.15) is 0 Å². The SMILES string of the molecule is O=C(O)CN1CCNC(=O)C1CC1CCCCC1. The highest BCUT2D eigenvalue weighted by atomic mass is 16.4. The number of amides is 1. The van der Waals surface area contributed by atoms with Crippen molar-refractivity contribution in [1.29, 1.82) is 0 Å². The van der Waals surface area contributed by atoms with Crippen molar-refractivity contribution < 1.29 is 14.7 Å². The lowest BCUT2D eigenvalue weighted by atomic mass is 9.84. The smallest absolute Gasteiger partial charge is 0.317 e. The molecule has 1 aliphatic carbocycles. The van der Waals surface area contributed by atoms with Gasteiger partial charge in [0.2, 0.25) is 5.91 Å². The van der Waals surface area contributed by atoms with Gasteiger partial charge in [0, 0.05) is 13.1 Å². The number of carboxylic acid groups (broad SMARTS) is 1. The Hall–Kier alpha value is -1.10. The van der Waals surface area contributed by atoms with Crippen LogP contribution in [0.15, 0.2) is 0 Å². The molecule has 0 radical (unpaired) electrons. The van der Waals surface area contributed by atoms with Gasteiger partial charge in [-0.3, -0.25) is 14.5 Å². The molecule has 0 aromatic rings. The van der Waals surface area contributed by atoms with E-state index in [2.05, 4.69) is 5.32 Å². The Morgan fingerprint density at radius 1 is 1.33 bits per heavy atom. The van der Waals surface area contributed by atoms with Crippen LogP contribution in [-0.4, -0.2) is 47.6 Å². The maximum absolute atomic E-state index is 11.9. The molecule has 18 heavy (non-hydrogen) atoms. The highest BCUT2D eigenvalue weighted by Gasteiger charge is 2.33. The molecule has 1 saturated carbocycles. The largest absolute Gasteiger partial charge is 0.480 e. The van der Waals surface area contributed by atoms with Crippen LogP contribution in [0.4, 0.5) is 0 Å². The second-order valence-electron chi connectivity index (χ2n) is 5.41. The summed E-state index contributed by atoms with van der Waals surface area (Å²) in [4.78, 5) is 24.6. The molecule has 0 bridgehead atoms. The van der Waals surface area contributed by atoms with Gasteiger partial charge in [0.15, 0.2) is 0 Å². The van der Waals surface area contributed by atoms with E-state index in [4.69, 9.17) is 5.11 Å². The molecule has 2 rings (SSSR count). The summed E-state index contributed by atoms with van der Waals surface area (Å²) in [7, 11) is 0. The van der Waals surface area contributed by atoms with Crippen molar-refractivity contribution in [3.8, 4) is 0 Å². The Morgan fingerprint density at radius 3 is 2.72 bits per heavy atom. The average Bonchev–Trinajstić information content (AvgIpc) is 2.34. The van der Waals surface area contributed by atoms with Crippen LogP contribution < -0.4 is 5.32 Å². The quantitative estimate of drug-likeness (QED) is 0.780. The van der Waals surface area contributed by atoms with Gasteiger partial charge in [0.1, 0.15) is 0 Å². The number of hydrogen-bond acceptors (Lipinski definition) is 3. The minimum atomic E-state index is -0.849. The summed E-state index contributed by atoms with van der Waals surface area (Å²) in [6, 6.07) is -0.238. The van der Waals surface area contributed by atoms with E-state index in [9.17, 15) is 9.59 Å². The summed E-state index contributed by atoms with van der Waals surface area (Å²) in [6.45, 7) is 1.19. The molecular formula is C13H22N2O3. The van der Waals surface area contributed by atoms with Crippen molar-refractivity contribution in [3.63, 3.8) is 0 Å². The number of carboxylic acids is 1. The van der Waals surface area contributed by atoms with E-state index in [-0.39, 0.29) is 18.5 Å². The molecule has 2 aliphatic rings. The normalized spacial score (nSPS) is 26.9. The van der Waals surface area contributed by atoms with Crippen LogP contribution in [0.2, 0.25) is 0 Å². The first-order chi connectivity index (χ1) is 8.66. The molecule has 0 spiro atoms. The maximum atomic E-state index is 11.9. The van der Waals surface area contributed by atoms with Gasteiger partial charge in [-0.05, 0) is 12.3 Å². The maximum Gasteiger partial charge on any atom is 0.317 e. The van der Waals surface area contributed by atoms with Crippen molar-refractivity contribution in [1.82, 2.24) is 10.2 Å².